The summed E-state index contributed by atoms with van der Waals surface area (Å²) in [5, 5.41) is 10.4. The monoisotopic (exact) mass is 295 g/mol. The van der Waals surface area contributed by atoms with Gasteiger partial charge in [-0.3, -0.25) is 0 Å². The molecule has 1 N–H and O–H groups in total. The van der Waals surface area contributed by atoms with E-state index in [0.29, 0.717) is 19.0 Å². The van der Waals surface area contributed by atoms with Crippen LogP contribution in [0.15, 0.2) is 18.2 Å². The van der Waals surface area contributed by atoms with Gasteiger partial charge in [0.2, 0.25) is 0 Å². The first-order valence-electron chi connectivity index (χ1n) is 7.96. The van der Waals surface area contributed by atoms with E-state index in [1.54, 1.807) is 0 Å². The zero-order chi connectivity index (χ0) is 15.7. The summed E-state index contributed by atoms with van der Waals surface area (Å²) < 4.78 is 11.1. The van der Waals surface area contributed by atoms with E-state index in [1.807, 2.05) is 32.0 Å². The standard InChI is InChI=1S/C17H29NO3/c1-5-18(6-2)12-11-15(19)14-9-10-16(20-7-3)17(13-14)21-8-4/h9-10,13,15,19H,5-8,11-12H2,1-4H3. The highest BCUT2D eigenvalue weighted by Gasteiger charge is 2.13. The third kappa shape index (κ3) is 5.56. The first-order chi connectivity index (χ1) is 10.2. The number of ether oxygens (including phenoxy) is 2. The van der Waals surface area contributed by atoms with E-state index in [1.165, 1.54) is 0 Å². The topological polar surface area (TPSA) is 41.9 Å². The van der Waals surface area contributed by atoms with Crippen molar-refractivity contribution in [3.8, 4) is 11.5 Å². The molecule has 4 nitrogen and oxygen atoms in total. The van der Waals surface area contributed by atoms with Crippen LogP contribution >= 0.6 is 0 Å². The fourth-order valence-electron chi connectivity index (χ4n) is 2.29. The molecule has 1 aromatic rings. The molecule has 1 unspecified atom stereocenters. The Morgan fingerprint density at radius 2 is 1.62 bits per heavy atom. The summed E-state index contributed by atoms with van der Waals surface area (Å²) in [6, 6.07) is 5.69. The minimum absolute atomic E-state index is 0.472. The van der Waals surface area contributed by atoms with Crippen LogP contribution in [0.4, 0.5) is 0 Å². The van der Waals surface area contributed by atoms with Gasteiger partial charge in [0.05, 0.1) is 19.3 Å². The molecule has 0 aromatic heterocycles. The molecule has 0 amide bonds. The molecule has 21 heavy (non-hydrogen) atoms. The molecule has 0 aliphatic carbocycles. The van der Waals surface area contributed by atoms with Gasteiger partial charge >= 0.3 is 0 Å². The molecule has 0 radical (unpaired) electrons. The van der Waals surface area contributed by atoms with Crippen LogP contribution in [0.1, 0.15) is 45.8 Å². The van der Waals surface area contributed by atoms with Gasteiger partial charge in [0.25, 0.3) is 0 Å². The van der Waals surface area contributed by atoms with E-state index in [4.69, 9.17) is 9.47 Å². The Balaban J connectivity index is 2.75. The molecule has 0 fully saturated rings. The second-order valence-electron chi connectivity index (χ2n) is 4.90. The predicted octanol–water partition coefficient (Wildman–Crippen LogP) is 3.25. The average molecular weight is 295 g/mol. The summed E-state index contributed by atoms with van der Waals surface area (Å²) in [6.07, 6.45) is 0.252. The minimum Gasteiger partial charge on any atom is -0.490 e. The van der Waals surface area contributed by atoms with Gasteiger partial charge in [0, 0.05) is 6.54 Å². The molecule has 1 rings (SSSR count). The smallest absolute Gasteiger partial charge is 0.161 e. The lowest BCUT2D eigenvalue weighted by Crippen LogP contribution is -2.25. The van der Waals surface area contributed by atoms with Crippen LogP contribution in [-0.4, -0.2) is 42.9 Å². The molecule has 0 aliphatic rings. The maximum Gasteiger partial charge on any atom is 0.161 e. The Morgan fingerprint density at radius 1 is 1.00 bits per heavy atom. The van der Waals surface area contributed by atoms with Crippen LogP contribution in [0.2, 0.25) is 0 Å². The van der Waals surface area contributed by atoms with Crippen LogP contribution in [0.25, 0.3) is 0 Å². The Labute approximate surface area is 128 Å². The van der Waals surface area contributed by atoms with Gasteiger partial charge in [-0.05, 0) is 51.1 Å². The molecule has 0 bridgehead atoms. The molecule has 120 valence electrons. The summed E-state index contributed by atoms with van der Waals surface area (Å²) in [5.74, 6) is 1.44. The van der Waals surface area contributed by atoms with Gasteiger partial charge in [0.15, 0.2) is 11.5 Å². The average Bonchev–Trinajstić information content (AvgIpc) is 2.50. The summed E-state index contributed by atoms with van der Waals surface area (Å²) in [6.45, 7) is 12.3. The van der Waals surface area contributed by atoms with Gasteiger partial charge in [-0.1, -0.05) is 19.9 Å². The minimum atomic E-state index is -0.472. The van der Waals surface area contributed by atoms with E-state index in [-0.39, 0.29) is 0 Å². The van der Waals surface area contributed by atoms with Crippen molar-refractivity contribution in [2.45, 2.75) is 40.2 Å². The van der Waals surface area contributed by atoms with Crippen molar-refractivity contribution in [2.75, 3.05) is 32.8 Å². The Bertz CT molecular complexity index is 405. The summed E-state index contributed by atoms with van der Waals surface area (Å²) >= 11 is 0. The molecule has 0 heterocycles. The van der Waals surface area contributed by atoms with E-state index < -0.39 is 6.10 Å². The number of hydrogen-bond acceptors (Lipinski definition) is 4. The number of nitrogens with zero attached hydrogens (tertiary/aromatic N) is 1. The van der Waals surface area contributed by atoms with Gasteiger partial charge < -0.3 is 19.5 Å². The molecular formula is C17H29NO3. The third-order valence-corrected chi connectivity index (χ3v) is 3.57. The molecule has 0 saturated heterocycles. The molecule has 1 aromatic carbocycles. The Morgan fingerprint density at radius 3 is 2.19 bits per heavy atom. The normalized spacial score (nSPS) is 12.5. The second kappa shape index (κ2) is 9.64. The van der Waals surface area contributed by atoms with Crippen LogP contribution < -0.4 is 9.47 Å². The van der Waals surface area contributed by atoms with Crippen molar-refractivity contribution in [3.63, 3.8) is 0 Å². The van der Waals surface area contributed by atoms with Crippen molar-refractivity contribution in [2.24, 2.45) is 0 Å². The first-order valence-corrected chi connectivity index (χ1v) is 7.96. The van der Waals surface area contributed by atoms with E-state index in [0.717, 1.165) is 37.4 Å². The number of benzene rings is 1. The third-order valence-electron chi connectivity index (χ3n) is 3.57. The number of rotatable bonds is 10. The lowest BCUT2D eigenvalue weighted by atomic mass is 10.1. The van der Waals surface area contributed by atoms with Crippen molar-refractivity contribution in [3.05, 3.63) is 23.8 Å². The zero-order valence-electron chi connectivity index (χ0n) is 13.8. The maximum atomic E-state index is 10.4. The van der Waals surface area contributed by atoms with Gasteiger partial charge in [0.1, 0.15) is 0 Å². The van der Waals surface area contributed by atoms with Crippen LogP contribution in [0.3, 0.4) is 0 Å². The van der Waals surface area contributed by atoms with Gasteiger partial charge in [-0.15, -0.1) is 0 Å². The van der Waals surface area contributed by atoms with Gasteiger partial charge in [-0.2, -0.15) is 0 Å². The zero-order valence-corrected chi connectivity index (χ0v) is 13.8. The lowest BCUT2D eigenvalue weighted by Gasteiger charge is -2.21. The van der Waals surface area contributed by atoms with E-state index in [9.17, 15) is 5.11 Å². The maximum absolute atomic E-state index is 10.4. The molecule has 0 spiro atoms. The predicted molar refractivity (Wildman–Crippen MR) is 86.1 cm³/mol. The molecule has 0 saturated carbocycles. The highest BCUT2D eigenvalue weighted by atomic mass is 16.5. The fraction of sp³-hybridized carbons (Fsp3) is 0.647. The quantitative estimate of drug-likeness (QED) is 0.719. The fourth-order valence-corrected chi connectivity index (χ4v) is 2.29. The van der Waals surface area contributed by atoms with Crippen LogP contribution in [0, 0.1) is 0 Å². The van der Waals surface area contributed by atoms with Crippen LogP contribution in [0.5, 0.6) is 11.5 Å². The number of aliphatic hydroxyl groups is 1. The second-order valence-corrected chi connectivity index (χ2v) is 4.90. The molecule has 1 atom stereocenters. The van der Waals surface area contributed by atoms with E-state index >= 15 is 0 Å². The highest BCUT2D eigenvalue weighted by molar-refractivity contribution is 5.43. The summed E-state index contributed by atoms with van der Waals surface area (Å²) in [7, 11) is 0. The van der Waals surface area contributed by atoms with Gasteiger partial charge in [-0.25, -0.2) is 0 Å². The Kier molecular flexibility index (Phi) is 8.16. The Hall–Kier alpha value is -1.26. The van der Waals surface area contributed by atoms with Crippen molar-refractivity contribution in [1.29, 1.82) is 0 Å². The summed E-state index contributed by atoms with van der Waals surface area (Å²) in [4.78, 5) is 2.31. The number of aliphatic hydroxyl groups excluding tert-OH is 1. The van der Waals surface area contributed by atoms with Crippen molar-refractivity contribution < 1.29 is 14.6 Å². The molecular weight excluding hydrogens is 266 g/mol. The molecule has 4 heteroatoms. The highest BCUT2D eigenvalue weighted by Crippen LogP contribution is 2.31. The van der Waals surface area contributed by atoms with E-state index in [2.05, 4.69) is 18.7 Å². The number of hydrogen-bond donors (Lipinski definition) is 1. The lowest BCUT2D eigenvalue weighted by molar-refractivity contribution is 0.144. The van der Waals surface area contributed by atoms with Crippen molar-refractivity contribution in [1.82, 2.24) is 4.90 Å². The van der Waals surface area contributed by atoms with Crippen molar-refractivity contribution >= 4 is 0 Å². The summed E-state index contributed by atoms with van der Waals surface area (Å²) in [5.41, 5.74) is 0.883. The van der Waals surface area contributed by atoms with Crippen LogP contribution in [-0.2, 0) is 0 Å². The largest absolute Gasteiger partial charge is 0.490 e. The first kappa shape index (κ1) is 17.8. The SMILES string of the molecule is CCOc1ccc(C(O)CCN(CC)CC)cc1OCC. The molecule has 0 aliphatic heterocycles.